The van der Waals surface area contributed by atoms with E-state index >= 15 is 0 Å². The van der Waals surface area contributed by atoms with Crippen molar-refractivity contribution < 1.29 is 0 Å². The quantitative estimate of drug-likeness (QED) is 0.538. The van der Waals surface area contributed by atoms with Crippen molar-refractivity contribution in [1.82, 2.24) is 4.90 Å². The predicted molar refractivity (Wildman–Crippen MR) is 36.2 cm³/mol. The van der Waals surface area contributed by atoms with Crippen molar-refractivity contribution >= 4 is 6.21 Å². The summed E-state index contributed by atoms with van der Waals surface area (Å²) in [4.78, 5) is 1.97. The van der Waals surface area contributed by atoms with Gasteiger partial charge in [-0.3, -0.25) is 0 Å². The number of nitrogens with one attached hydrogen (secondary N) is 1. The molecule has 0 aliphatic heterocycles. The van der Waals surface area contributed by atoms with Crippen LogP contribution in [-0.4, -0.2) is 31.3 Å². The van der Waals surface area contributed by atoms with Crippen LogP contribution in [-0.2, 0) is 0 Å². The maximum Gasteiger partial charge on any atom is 0.0437 e. The van der Waals surface area contributed by atoms with Gasteiger partial charge in [0.2, 0.25) is 0 Å². The van der Waals surface area contributed by atoms with E-state index in [2.05, 4.69) is 6.92 Å². The van der Waals surface area contributed by atoms with E-state index in [1.165, 1.54) is 6.21 Å². The lowest BCUT2D eigenvalue weighted by molar-refractivity contribution is 0.367. The molecule has 1 N–H and O–H groups in total. The van der Waals surface area contributed by atoms with Gasteiger partial charge in [0.25, 0.3) is 0 Å². The van der Waals surface area contributed by atoms with E-state index in [1.807, 2.05) is 19.0 Å². The fourth-order valence-corrected chi connectivity index (χ4v) is 0.491. The second-order valence-electron chi connectivity index (χ2n) is 1.99. The van der Waals surface area contributed by atoms with Gasteiger partial charge in [0.1, 0.15) is 0 Å². The van der Waals surface area contributed by atoms with Crippen LogP contribution in [0, 0.1) is 12.3 Å². The van der Waals surface area contributed by atoms with Gasteiger partial charge in [0.05, 0.1) is 0 Å². The van der Waals surface area contributed by atoms with Crippen LogP contribution in [0.15, 0.2) is 0 Å². The summed E-state index contributed by atoms with van der Waals surface area (Å²) in [5.74, 6) is 0. The van der Waals surface area contributed by atoms with Crippen molar-refractivity contribution in [2.24, 2.45) is 0 Å². The van der Waals surface area contributed by atoms with Crippen LogP contribution < -0.4 is 0 Å². The lowest BCUT2D eigenvalue weighted by Gasteiger charge is -2.16. The van der Waals surface area contributed by atoms with Crippen molar-refractivity contribution in [1.29, 1.82) is 5.41 Å². The van der Waals surface area contributed by atoms with Crippen LogP contribution >= 0.6 is 0 Å². The van der Waals surface area contributed by atoms with Crippen molar-refractivity contribution in [2.75, 3.05) is 14.1 Å². The Labute approximate surface area is 51.0 Å². The first-order valence-corrected chi connectivity index (χ1v) is 2.68. The first kappa shape index (κ1) is 7.63. The highest BCUT2D eigenvalue weighted by Gasteiger charge is 2.01. The first-order chi connectivity index (χ1) is 3.72. The molecule has 0 aromatic rings. The Morgan fingerprint density at radius 2 is 2.25 bits per heavy atom. The van der Waals surface area contributed by atoms with Gasteiger partial charge >= 0.3 is 0 Å². The molecule has 0 heterocycles. The third-order valence-electron chi connectivity index (χ3n) is 1.15. The van der Waals surface area contributed by atoms with E-state index in [0.717, 1.165) is 6.42 Å². The molecule has 0 fully saturated rings. The largest absolute Gasteiger partial charge is 0.311 e. The summed E-state index contributed by atoms with van der Waals surface area (Å²) in [6.45, 7) is 3.69. The third kappa shape index (κ3) is 2.07. The molecule has 0 aliphatic rings. The lowest BCUT2D eigenvalue weighted by atomic mass is 10.2. The molecule has 0 spiro atoms. The SMILES string of the molecule is [CH2]C[C@@H](C=N)N(C)C. The summed E-state index contributed by atoms with van der Waals surface area (Å²) in [5.41, 5.74) is 0. The monoisotopic (exact) mass is 113 g/mol. The third-order valence-corrected chi connectivity index (χ3v) is 1.15. The molecule has 0 bridgehead atoms. The maximum atomic E-state index is 6.88. The average Bonchev–Trinajstić information content (AvgIpc) is 1.69. The molecule has 8 heavy (non-hydrogen) atoms. The van der Waals surface area contributed by atoms with Crippen LogP contribution in [0.25, 0.3) is 0 Å². The highest BCUT2D eigenvalue weighted by atomic mass is 15.1. The molecule has 0 aliphatic carbocycles. The Hall–Kier alpha value is -0.370. The molecule has 0 unspecified atom stereocenters. The van der Waals surface area contributed by atoms with Crippen molar-refractivity contribution in [3.8, 4) is 0 Å². The second kappa shape index (κ2) is 3.61. The Morgan fingerprint density at radius 3 is 2.25 bits per heavy atom. The van der Waals surface area contributed by atoms with Crippen LogP contribution in [0.4, 0.5) is 0 Å². The summed E-state index contributed by atoms with van der Waals surface area (Å²) in [6, 6.07) is 0.218. The number of hydrogen-bond donors (Lipinski definition) is 1. The molecule has 47 valence electrons. The average molecular weight is 113 g/mol. The standard InChI is InChI=1S/C6H13N2/c1-4-6(5-7)8(2)3/h5-7H,1,4H2,2-3H3/t6-/m0/s1. The molecule has 0 amide bonds. The van der Waals surface area contributed by atoms with Crippen LogP contribution in [0.3, 0.4) is 0 Å². The molecule has 2 heteroatoms. The molecular weight excluding hydrogens is 100 g/mol. The molecule has 0 saturated heterocycles. The Bertz CT molecular complexity index is 68.9. The first-order valence-electron chi connectivity index (χ1n) is 2.68. The van der Waals surface area contributed by atoms with Gasteiger partial charge in [0.15, 0.2) is 0 Å². The van der Waals surface area contributed by atoms with Gasteiger partial charge in [-0.05, 0) is 20.5 Å². The highest BCUT2D eigenvalue weighted by Crippen LogP contribution is 1.92. The second-order valence-corrected chi connectivity index (χ2v) is 1.99. The van der Waals surface area contributed by atoms with Gasteiger partial charge < -0.3 is 10.3 Å². The van der Waals surface area contributed by atoms with Crippen molar-refractivity contribution in [3.05, 3.63) is 6.92 Å². The van der Waals surface area contributed by atoms with Crippen LogP contribution in [0.5, 0.6) is 0 Å². The van der Waals surface area contributed by atoms with Gasteiger partial charge in [-0.15, -0.1) is 0 Å². The van der Waals surface area contributed by atoms with Crippen molar-refractivity contribution in [3.63, 3.8) is 0 Å². The minimum atomic E-state index is 0.218. The normalized spacial score (nSPS) is 14.0. The number of hydrogen-bond acceptors (Lipinski definition) is 2. The van der Waals surface area contributed by atoms with E-state index in [1.54, 1.807) is 0 Å². The summed E-state index contributed by atoms with van der Waals surface area (Å²) < 4.78 is 0. The highest BCUT2D eigenvalue weighted by molar-refractivity contribution is 5.60. The maximum absolute atomic E-state index is 6.88. The molecule has 0 rings (SSSR count). The summed E-state index contributed by atoms with van der Waals surface area (Å²) in [7, 11) is 3.89. The minimum Gasteiger partial charge on any atom is -0.311 e. The van der Waals surface area contributed by atoms with Gasteiger partial charge in [0, 0.05) is 12.3 Å². The Kier molecular flexibility index (Phi) is 3.44. The van der Waals surface area contributed by atoms with Gasteiger partial charge in [-0.1, -0.05) is 6.92 Å². The Balaban J connectivity index is 3.51. The minimum absolute atomic E-state index is 0.218. The van der Waals surface area contributed by atoms with Crippen LogP contribution in [0.2, 0.25) is 0 Å². The number of nitrogens with zero attached hydrogens (tertiary/aromatic N) is 1. The van der Waals surface area contributed by atoms with E-state index in [0.29, 0.717) is 0 Å². The fourth-order valence-electron chi connectivity index (χ4n) is 0.491. The summed E-state index contributed by atoms with van der Waals surface area (Å²) in [6.07, 6.45) is 2.18. The zero-order chi connectivity index (χ0) is 6.57. The lowest BCUT2D eigenvalue weighted by Crippen LogP contribution is -2.27. The summed E-state index contributed by atoms with van der Waals surface area (Å²) >= 11 is 0. The van der Waals surface area contributed by atoms with E-state index in [4.69, 9.17) is 5.41 Å². The zero-order valence-corrected chi connectivity index (χ0v) is 5.52. The van der Waals surface area contributed by atoms with E-state index in [9.17, 15) is 0 Å². The molecular formula is C6H13N2. The van der Waals surface area contributed by atoms with Crippen molar-refractivity contribution in [2.45, 2.75) is 12.5 Å². The van der Waals surface area contributed by atoms with E-state index in [-0.39, 0.29) is 6.04 Å². The zero-order valence-electron chi connectivity index (χ0n) is 5.52. The molecule has 1 radical (unpaired) electrons. The topological polar surface area (TPSA) is 27.1 Å². The van der Waals surface area contributed by atoms with Gasteiger partial charge in [-0.25, -0.2) is 0 Å². The summed E-state index contributed by atoms with van der Waals surface area (Å²) in [5, 5.41) is 6.88. The molecule has 1 atom stereocenters. The fraction of sp³-hybridized carbons (Fsp3) is 0.667. The smallest absolute Gasteiger partial charge is 0.0437 e. The molecule has 0 saturated carbocycles. The van der Waals surface area contributed by atoms with Gasteiger partial charge in [-0.2, -0.15) is 0 Å². The molecule has 0 aromatic heterocycles. The Morgan fingerprint density at radius 1 is 1.75 bits per heavy atom. The molecule has 2 nitrogen and oxygen atoms in total. The molecule has 0 aromatic carbocycles. The van der Waals surface area contributed by atoms with Crippen LogP contribution in [0.1, 0.15) is 6.42 Å². The number of rotatable bonds is 3. The predicted octanol–water partition coefficient (Wildman–Crippen LogP) is 0.790. The van der Waals surface area contributed by atoms with E-state index < -0.39 is 0 Å².